The number of nitrogens with one attached hydrogen (secondary N) is 1. The van der Waals surface area contributed by atoms with Crippen molar-refractivity contribution in [3.63, 3.8) is 0 Å². The number of rotatable bonds is 7. The molecule has 3 nitrogen and oxygen atoms in total. The van der Waals surface area contributed by atoms with Crippen molar-refractivity contribution in [1.82, 2.24) is 4.98 Å². The van der Waals surface area contributed by atoms with Crippen LogP contribution in [-0.4, -0.2) is 23.9 Å². The van der Waals surface area contributed by atoms with Crippen LogP contribution < -0.4 is 5.32 Å². The third kappa shape index (κ3) is 4.59. The molecule has 0 bridgehead atoms. The number of halogens is 8. The fourth-order valence-corrected chi connectivity index (χ4v) is 1.85. The molecule has 0 saturated heterocycles. The second-order valence-corrected chi connectivity index (χ2v) is 5.08. The summed E-state index contributed by atoms with van der Waals surface area (Å²) in [7, 11) is 0. The van der Waals surface area contributed by atoms with Gasteiger partial charge in [-0.25, -0.2) is 8.78 Å². The zero-order valence-corrected chi connectivity index (χ0v) is 12.7. The van der Waals surface area contributed by atoms with Crippen LogP contribution in [0.2, 0.25) is 0 Å². The molecule has 0 saturated carbocycles. The summed E-state index contributed by atoms with van der Waals surface area (Å²) in [5.74, 6) is -11.6. The highest BCUT2D eigenvalue weighted by atomic mass is 19.3. The Morgan fingerprint density at radius 1 is 1.04 bits per heavy atom. The van der Waals surface area contributed by atoms with Crippen LogP contribution in [0.4, 0.5) is 46.5 Å². The van der Waals surface area contributed by atoms with E-state index in [0.717, 1.165) is 6.07 Å². The molecule has 0 atom stereocenters. The van der Waals surface area contributed by atoms with E-state index in [2.05, 4.69) is 15.0 Å². The van der Waals surface area contributed by atoms with Crippen LogP contribution in [0.25, 0.3) is 0 Å². The molecular weight excluding hydrogens is 376 g/mol. The highest BCUT2D eigenvalue weighted by Gasteiger charge is 2.40. The molecule has 11 heteroatoms. The molecule has 1 N–H and O–H groups in total. The normalized spacial score (nSPS) is 11.9. The third-order valence-electron chi connectivity index (χ3n) is 3.08. The van der Waals surface area contributed by atoms with Crippen LogP contribution in [0.1, 0.15) is 5.56 Å². The van der Waals surface area contributed by atoms with Gasteiger partial charge in [-0.2, -0.15) is 31.3 Å². The van der Waals surface area contributed by atoms with Gasteiger partial charge < -0.3 is 10.1 Å². The summed E-state index contributed by atoms with van der Waals surface area (Å²) >= 11 is 0. The standard InChI is InChI=1S/C15H10F8N2O/c16-9-11(10(17)13(19)25-12(9)18)24-8-3-1-2-7(4-8)5-26-6-15(22,23)14(20)21/h1-4,14H,5-6H2,(H,24,25). The van der Waals surface area contributed by atoms with Crippen molar-refractivity contribution < 1.29 is 39.9 Å². The molecule has 0 aliphatic rings. The fraction of sp³-hybridized carbons (Fsp3) is 0.267. The van der Waals surface area contributed by atoms with Gasteiger partial charge in [0.25, 0.3) is 11.9 Å². The van der Waals surface area contributed by atoms with E-state index in [-0.39, 0.29) is 11.3 Å². The zero-order chi connectivity index (χ0) is 19.5. The molecule has 142 valence electrons. The lowest BCUT2D eigenvalue weighted by molar-refractivity contribution is -0.168. The Balaban J connectivity index is 2.11. The van der Waals surface area contributed by atoms with Crippen LogP contribution in [0, 0.1) is 23.5 Å². The Labute approximate surface area is 141 Å². The van der Waals surface area contributed by atoms with Crippen LogP contribution in [0.15, 0.2) is 24.3 Å². The topological polar surface area (TPSA) is 34.2 Å². The Morgan fingerprint density at radius 2 is 1.65 bits per heavy atom. The number of hydrogen-bond acceptors (Lipinski definition) is 3. The maximum absolute atomic E-state index is 13.6. The maximum atomic E-state index is 13.6. The number of aromatic nitrogens is 1. The van der Waals surface area contributed by atoms with E-state index in [4.69, 9.17) is 0 Å². The summed E-state index contributed by atoms with van der Waals surface area (Å²) in [6.07, 6.45) is -3.89. The van der Waals surface area contributed by atoms with Crippen molar-refractivity contribution in [2.24, 2.45) is 0 Å². The molecule has 2 aromatic rings. The number of ether oxygens (including phenoxy) is 1. The zero-order valence-electron chi connectivity index (χ0n) is 12.7. The molecule has 0 amide bonds. The molecule has 2 rings (SSSR count). The molecule has 1 heterocycles. The third-order valence-corrected chi connectivity index (χ3v) is 3.08. The predicted molar refractivity (Wildman–Crippen MR) is 74.4 cm³/mol. The summed E-state index contributed by atoms with van der Waals surface area (Å²) < 4.78 is 107. The van der Waals surface area contributed by atoms with Crippen molar-refractivity contribution in [2.75, 3.05) is 11.9 Å². The van der Waals surface area contributed by atoms with Gasteiger partial charge in [-0.05, 0) is 17.7 Å². The van der Waals surface area contributed by atoms with Gasteiger partial charge in [0.2, 0.25) is 11.6 Å². The smallest absolute Gasteiger partial charge is 0.330 e. The Kier molecular flexibility index (Phi) is 6.01. The van der Waals surface area contributed by atoms with Crippen molar-refractivity contribution in [2.45, 2.75) is 19.0 Å². The van der Waals surface area contributed by atoms with Gasteiger partial charge in [-0.15, -0.1) is 0 Å². The first-order valence-electron chi connectivity index (χ1n) is 6.91. The molecule has 0 fully saturated rings. The van der Waals surface area contributed by atoms with Crippen LogP contribution in [0.5, 0.6) is 0 Å². The quantitative estimate of drug-likeness (QED) is 0.549. The van der Waals surface area contributed by atoms with E-state index in [1.54, 1.807) is 0 Å². The first kappa shape index (κ1) is 19.9. The average Bonchev–Trinajstić information content (AvgIpc) is 2.57. The number of pyridine rings is 1. The van der Waals surface area contributed by atoms with Gasteiger partial charge in [0.15, 0.2) is 0 Å². The van der Waals surface area contributed by atoms with E-state index in [9.17, 15) is 35.1 Å². The Hall–Kier alpha value is -2.43. The lowest BCUT2D eigenvalue weighted by atomic mass is 10.2. The van der Waals surface area contributed by atoms with Crippen molar-refractivity contribution in [3.05, 3.63) is 53.4 Å². The molecule has 1 aromatic heterocycles. The van der Waals surface area contributed by atoms with E-state index < -0.39 is 54.8 Å². The molecular formula is C15H10F8N2O. The summed E-state index contributed by atoms with van der Waals surface area (Å²) in [4.78, 5) is 2.39. The highest BCUT2D eigenvalue weighted by molar-refractivity contribution is 5.61. The molecule has 26 heavy (non-hydrogen) atoms. The molecule has 0 aliphatic carbocycles. The van der Waals surface area contributed by atoms with Gasteiger partial charge in [0, 0.05) is 5.69 Å². The number of anilines is 2. The minimum Gasteiger partial charge on any atom is -0.370 e. The number of hydrogen-bond donors (Lipinski definition) is 1. The van der Waals surface area contributed by atoms with E-state index in [1.807, 2.05) is 0 Å². The summed E-state index contributed by atoms with van der Waals surface area (Å²) in [5.41, 5.74) is -1.03. The van der Waals surface area contributed by atoms with Gasteiger partial charge in [-0.1, -0.05) is 12.1 Å². The summed E-state index contributed by atoms with van der Waals surface area (Å²) in [6.45, 7) is -2.05. The molecule has 0 aliphatic heterocycles. The minimum atomic E-state index is -4.33. The van der Waals surface area contributed by atoms with Gasteiger partial charge in [0.05, 0.1) is 6.61 Å². The number of benzene rings is 1. The Bertz CT molecular complexity index is 758. The van der Waals surface area contributed by atoms with E-state index in [0.29, 0.717) is 0 Å². The predicted octanol–water partition coefficient (Wildman–Crippen LogP) is 4.80. The van der Waals surface area contributed by atoms with Crippen LogP contribution in [-0.2, 0) is 11.3 Å². The molecule has 0 unspecified atom stereocenters. The fourth-order valence-electron chi connectivity index (χ4n) is 1.85. The van der Waals surface area contributed by atoms with Crippen molar-refractivity contribution >= 4 is 11.4 Å². The second-order valence-electron chi connectivity index (χ2n) is 5.08. The Morgan fingerprint density at radius 3 is 2.23 bits per heavy atom. The minimum absolute atomic E-state index is 0.0606. The van der Waals surface area contributed by atoms with Crippen LogP contribution >= 0.6 is 0 Å². The largest absolute Gasteiger partial charge is 0.370 e. The lowest BCUT2D eigenvalue weighted by Gasteiger charge is -2.15. The summed E-state index contributed by atoms with van der Waals surface area (Å²) in [5, 5.41) is 2.09. The first-order chi connectivity index (χ1) is 12.1. The maximum Gasteiger partial charge on any atom is 0.330 e. The van der Waals surface area contributed by atoms with Gasteiger partial charge in [0.1, 0.15) is 12.3 Å². The molecule has 0 spiro atoms. The lowest BCUT2D eigenvalue weighted by Crippen LogP contribution is -2.32. The van der Waals surface area contributed by atoms with Gasteiger partial charge in [-0.3, -0.25) is 0 Å². The van der Waals surface area contributed by atoms with E-state index >= 15 is 0 Å². The SMILES string of the molecule is Fc1nc(F)c(F)c(Nc2cccc(COCC(F)(F)C(F)F)c2)c1F. The highest BCUT2D eigenvalue weighted by Crippen LogP contribution is 2.27. The van der Waals surface area contributed by atoms with Crippen molar-refractivity contribution in [1.29, 1.82) is 0 Å². The summed E-state index contributed by atoms with van der Waals surface area (Å²) in [6, 6.07) is 5.09. The number of nitrogens with zero attached hydrogens (tertiary/aromatic N) is 1. The molecule has 0 radical (unpaired) electrons. The number of alkyl halides is 4. The second kappa shape index (κ2) is 7.85. The average molecular weight is 386 g/mol. The van der Waals surface area contributed by atoms with Crippen LogP contribution in [0.3, 0.4) is 0 Å². The van der Waals surface area contributed by atoms with E-state index in [1.165, 1.54) is 18.2 Å². The first-order valence-corrected chi connectivity index (χ1v) is 6.91. The van der Waals surface area contributed by atoms with Gasteiger partial charge >= 0.3 is 12.3 Å². The monoisotopic (exact) mass is 386 g/mol. The van der Waals surface area contributed by atoms with Crippen molar-refractivity contribution in [3.8, 4) is 0 Å². The molecule has 1 aromatic carbocycles.